The molecule has 0 heterocycles. The third-order valence-electron chi connectivity index (χ3n) is 5.52. The molecule has 0 aromatic heterocycles. The van der Waals surface area contributed by atoms with Gasteiger partial charge in [0, 0.05) is 39.8 Å². The number of carbonyl (C=O) groups excluding carboxylic acids is 4. The quantitative estimate of drug-likeness (QED) is 0.814. The summed E-state index contributed by atoms with van der Waals surface area (Å²) in [7, 11) is 0. The molecule has 0 saturated heterocycles. The molecule has 2 N–H and O–H groups in total. The molecular weight excluding hydrogens is 372 g/mol. The zero-order valence-electron chi connectivity index (χ0n) is 15.7. The number of Topliss-reactive ketones (excluding diaryl/α,β-unsaturated/α-hetero) is 4. The lowest BCUT2D eigenvalue weighted by molar-refractivity contribution is 0.0958. The minimum atomic E-state index is -0.557. The number of ketones is 4. The molecule has 2 aromatic rings. The number of hydrogen-bond acceptors (Lipinski definition) is 6. The van der Waals surface area contributed by atoms with Gasteiger partial charge < -0.3 is 10.2 Å². The van der Waals surface area contributed by atoms with Gasteiger partial charge in [-0.25, -0.2) is 0 Å². The second kappa shape index (κ2) is 6.38. The van der Waals surface area contributed by atoms with Gasteiger partial charge in [-0.2, -0.15) is 0 Å². The number of aromatic hydroxyl groups is 2. The third-order valence-corrected chi connectivity index (χ3v) is 5.52. The number of hydrogen-bond donors (Lipinski definition) is 2. The van der Waals surface area contributed by atoms with E-state index < -0.39 is 23.1 Å². The van der Waals surface area contributed by atoms with E-state index in [2.05, 4.69) is 0 Å². The number of phenols is 2. The Morgan fingerprint density at radius 3 is 1.38 bits per heavy atom. The first kappa shape index (κ1) is 18.6. The number of carbonyl (C=O) groups is 4. The maximum Gasteiger partial charge on any atom is 0.194 e. The Labute approximate surface area is 165 Å². The maximum absolute atomic E-state index is 13.0. The molecular formula is C23H16O6. The molecule has 0 saturated carbocycles. The second-order valence-corrected chi connectivity index (χ2v) is 7.10. The van der Waals surface area contributed by atoms with Crippen molar-refractivity contribution in [3.05, 3.63) is 80.9 Å². The van der Waals surface area contributed by atoms with Crippen molar-refractivity contribution in [3.8, 4) is 11.5 Å². The van der Waals surface area contributed by atoms with Gasteiger partial charge in [0.05, 0.1) is 11.1 Å². The summed E-state index contributed by atoms with van der Waals surface area (Å²) in [6, 6.07) is 8.51. The molecule has 0 fully saturated rings. The van der Waals surface area contributed by atoms with Crippen molar-refractivity contribution in [2.45, 2.75) is 20.3 Å². The van der Waals surface area contributed by atoms with Gasteiger partial charge in [-0.3, -0.25) is 19.2 Å². The molecule has 2 aromatic carbocycles. The van der Waals surface area contributed by atoms with Gasteiger partial charge in [-0.15, -0.1) is 0 Å². The zero-order chi connectivity index (χ0) is 21.0. The first-order valence-electron chi connectivity index (χ1n) is 8.96. The molecule has 144 valence electrons. The summed E-state index contributed by atoms with van der Waals surface area (Å²) in [6.45, 7) is 2.97. The lowest BCUT2D eigenvalue weighted by Gasteiger charge is -2.23. The van der Waals surface area contributed by atoms with E-state index in [0.29, 0.717) is 0 Å². The number of benzene rings is 2. The number of allylic oxidation sites excluding steroid dienone is 4. The van der Waals surface area contributed by atoms with Gasteiger partial charge in [0.25, 0.3) is 0 Å². The van der Waals surface area contributed by atoms with E-state index in [0.717, 1.165) is 0 Å². The molecule has 0 atom stereocenters. The fourth-order valence-electron chi connectivity index (χ4n) is 3.86. The van der Waals surface area contributed by atoms with E-state index in [1.54, 1.807) is 0 Å². The number of rotatable bonds is 2. The fourth-order valence-corrected chi connectivity index (χ4v) is 3.86. The van der Waals surface area contributed by atoms with Crippen molar-refractivity contribution >= 4 is 23.1 Å². The van der Waals surface area contributed by atoms with Crippen LogP contribution >= 0.6 is 0 Å². The Bertz CT molecular complexity index is 1130. The Hall–Kier alpha value is -3.80. The average Bonchev–Trinajstić information content (AvgIpc) is 2.69. The van der Waals surface area contributed by atoms with Crippen LogP contribution in [0, 0.1) is 0 Å². The standard InChI is InChI=1S/C23H16O6/c1-10-14(22(28)18-12(20(10)26)5-3-7-16(18)24)9-15-11(2)21(27)13-6-4-8-17(25)19(13)23(15)29/h3-8,24-25H,9H2,1-2H3. The van der Waals surface area contributed by atoms with Crippen LogP contribution in [-0.4, -0.2) is 33.3 Å². The molecule has 2 aliphatic rings. The van der Waals surface area contributed by atoms with Crippen molar-refractivity contribution < 1.29 is 29.4 Å². The highest BCUT2D eigenvalue weighted by atomic mass is 16.3. The Kier molecular flexibility index (Phi) is 4.08. The van der Waals surface area contributed by atoms with E-state index in [1.807, 2.05) is 0 Å². The minimum absolute atomic E-state index is 0.0540. The van der Waals surface area contributed by atoms with Crippen molar-refractivity contribution in [1.29, 1.82) is 0 Å². The smallest absolute Gasteiger partial charge is 0.194 e. The van der Waals surface area contributed by atoms with Gasteiger partial charge in [-0.05, 0) is 26.0 Å². The summed E-state index contributed by atoms with van der Waals surface area (Å²) in [6.07, 6.45) is -0.242. The third kappa shape index (κ3) is 2.56. The van der Waals surface area contributed by atoms with Gasteiger partial charge in [0.2, 0.25) is 0 Å². The van der Waals surface area contributed by atoms with Crippen LogP contribution in [0.1, 0.15) is 61.7 Å². The summed E-state index contributed by atoms with van der Waals surface area (Å²) in [5, 5.41) is 20.2. The van der Waals surface area contributed by atoms with E-state index in [1.165, 1.54) is 50.2 Å². The van der Waals surface area contributed by atoms with Crippen molar-refractivity contribution in [3.63, 3.8) is 0 Å². The minimum Gasteiger partial charge on any atom is -0.507 e. The molecule has 0 spiro atoms. The lowest BCUT2D eigenvalue weighted by Crippen LogP contribution is -2.25. The van der Waals surface area contributed by atoms with Crippen LogP contribution in [0.25, 0.3) is 0 Å². The van der Waals surface area contributed by atoms with Crippen LogP contribution in [-0.2, 0) is 0 Å². The van der Waals surface area contributed by atoms with Crippen LogP contribution < -0.4 is 0 Å². The highest BCUT2D eigenvalue weighted by Crippen LogP contribution is 2.38. The summed E-state index contributed by atoms with van der Waals surface area (Å²) in [4.78, 5) is 51.5. The van der Waals surface area contributed by atoms with Crippen LogP contribution in [0.5, 0.6) is 11.5 Å². The molecule has 4 rings (SSSR count). The highest BCUT2D eigenvalue weighted by Gasteiger charge is 2.37. The van der Waals surface area contributed by atoms with Gasteiger partial charge in [-0.1, -0.05) is 24.3 Å². The summed E-state index contributed by atoms with van der Waals surface area (Å²) < 4.78 is 0. The van der Waals surface area contributed by atoms with Crippen molar-refractivity contribution in [2.24, 2.45) is 0 Å². The van der Waals surface area contributed by atoms with Gasteiger partial charge >= 0.3 is 0 Å². The van der Waals surface area contributed by atoms with Crippen LogP contribution in [0.15, 0.2) is 58.7 Å². The summed E-state index contributed by atoms with van der Waals surface area (Å²) in [5.74, 6) is -2.57. The SMILES string of the molecule is CC1=C(CC2=C(C)C(=O)c3cccc(O)c3C2=O)C(=O)c2c(O)cccc2C1=O. The molecule has 29 heavy (non-hydrogen) atoms. The van der Waals surface area contributed by atoms with E-state index in [-0.39, 0.29) is 62.5 Å². The predicted molar refractivity (Wildman–Crippen MR) is 104 cm³/mol. The topological polar surface area (TPSA) is 109 Å². The predicted octanol–water partition coefficient (Wildman–Crippen LogP) is 3.58. The number of phenolic OH excluding ortho intramolecular Hbond substituents is 2. The molecule has 6 heteroatoms. The second-order valence-electron chi connectivity index (χ2n) is 7.10. The average molecular weight is 388 g/mol. The first-order valence-corrected chi connectivity index (χ1v) is 8.96. The monoisotopic (exact) mass is 388 g/mol. The molecule has 0 bridgehead atoms. The summed E-state index contributed by atoms with van der Waals surface area (Å²) in [5.41, 5.74) is 0.445. The zero-order valence-corrected chi connectivity index (χ0v) is 15.7. The largest absolute Gasteiger partial charge is 0.507 e. The van der Waals surface area contributed by atoms with Crippen molar-refractivity contribution in [1.82, 2.24) is 0 Å². The fraction of sp³-hybridized carbons (Fsp3) is 0.130. The lowest BCUT2D eigenvalue weighted by atomic mass is 9.77. The molecule has 6 nitrogen and oxygen atoms in total. The first-order chi connectivity index (χ1) is 13.7. The Morgan fingerprint density at radius 2 is 1.00 bits per heavy atom. The number of fused-ring (bicyclic) bond motifs is 2. The summed E-state index contributed by atoms with van der Waals surface area (Å²) >= 11 is 0. The molecule has 0 radical (unpaired) electrons. The van der Waals surface area contributed by atoms with E-state index in [9.17, 15) is 29.4 Å². The highest BCUT2D eigenvalue weighted by molar-refractivity contribution is 6.30. The van der Waals surface area contributed by atoms with Crippen LogP contribution in [0.2, 0.25) is 0 Å². The Morgan fingerprint density at radius 1 is 0.621 bits per heavy atom. The van der Waals surface area contributed by atoms with E-state index >= 15 is 0 Å². The molecule has 2 aliphatic carbocycles. The van der Waals surface area contributed by atoms with Crippen LogP contribution in [0.3, 0.4) is 0 Å². The van der Waals surface area contributed by atoms with Gasteiger partial charge in [0.15, 0.2) is 23.1 Å². The Balaban J connectivity index is 1.84. The van der Waals surface area contributed by atoms with Crippen molar-refractivity contribution in [2.75, 3.05) is 0 Å². The van der Waals surface area contributed by atoms with Gasteiger partial charge in [0.1, 0.15) is 11.5 Å². The van der Waals surface area contributed by atoms with E-state index in [4.69, 9.17) is 0 Å². The maximum atomic E-state index is 13.0. The van der Waals surface area contributed by atoms with Crippen LogP contribution in [0.4, 0.5) is 0 Å². The molecule has 0 amide bonds. The molecule has 0 aliphatic heterocycles. The normalized spacial score (nSPS) is 16.3. The molecule has 0 unspecified atom stereocenters.